The third-order valence-electron chi connectivity index (χ3n) is 12.4. The second-order valence-electron chi connectivity index (χ2n) is 14.5. The highest BCUT2D eigenvalue weighted by Gasteiger charge is 2.71. The molecule has 0 amide bonds. The van der Waals surface area contributed by atoms with Crippen LogP contribution in [0.1, 0.15) is 91.9 Å². The summed E-state index contributed by atoms with van der Waals surface area (Å²) >= 11 is 0. The van der Waals surface area contributed by atoms with Gasteiger partial charge in [0.25, 0.3) is 0 Å². The molecule has 6 rings (SSSR count). The van der Waals surface area contributed by atoms with Crippen LogP contribution in [0, 0.1) is 28.6 Å². The second kappa shape index (κ2) is 11.2. The van der Waals surface area contributed by atoms with Gasteiger partial charge in [0.05, 0.1) is 28.8 Å². The second-order valence-corrected chi connectivity index (χ2v) is 14.5. The van der Waals surface area contributed by atoms with E-state index in [9.17, 15) is 29.4 Å². The lowest BCUT2D eigenvalue weighted by molar-refractivity contribution is -0.288. The molecular weight excluding hydrogens is 572 g/mol. The largest absolute Gasteiger partial charge is 0.458 e. The van der Waals surface area contributed by atoms with Crippen LogP contribution >= 0.6 is 0 Å². The number of ether oxygens (including phenoxy) is 5. The molecule has 0 spiro atoms. The molecule has 0 aromatic carbocycles. The van der Waals surface area contributed by atoms with Gasteiger partial charge in [-0.2, -0.15) is 0 Å². The minimum atomic E-state index is -1.30. The van der Waals surface area contributed by atoms with Crippen molar-refractivity contribution in [1.82, 2.24) is 0 Å². The van der Waals surface area contributed by atoms with Crippen LogP contribution in [-0.2, 0) is 42.9 Å². The monoisotopic (exact) mass is 618 g/mol. The van der Waals surface area contributed by atoms with Crippen molar-refractivity contribution < 1.29 is 53.1 Å². The molecule has 244 valence electrons. The molecular formula is C33H46O11. The first-order chi connectivity index (χ1) is 20.7. The van der Waals surface area contributed by atoms with Gasteiger partial charge in [-0.3, -0.25) is 9.59 Å². The maximum Gasteiger partial charge on any atom is 0.331 e. The van der Waals surface area contributed by atoms with Crippen molar-refractivity contribution in [3.05, 3.63) is 11.6 Å². The molecule has 0 unspecified atom stereocenters. The molecule has 44 heavy (non-hydrogen) atoms. The molecule has 0 aromatic heterocycles. The van der Waals surface area contributed by atoms with Crippen LogP contribution in [0.4, 0.5) is 0 Å². The van der Waals surface area contributed by atoms with E-state index in [2.05, 4.69) is 6.92 Å². The van der Waals surface area contributed by atoms with Gasteiger partial charge in [0.15, 0.2) is 12.4 Å². The van der Waals surface area contributed by atoms with Crippen molar-refractivity contribution in [2.45, 2.75) is 134 Å². The number of hydrogen-bond donors (Lipinski definition) is 2. The first-order valence-electron chi connectivity index (χ1n) is 16.2. The quantitative estimate of drug-likeness (QED) is 0.195. The summed E-state index contributed by atoms with van der Waals surface area (Å²) in [6, 6.07) is 0. The van der Waals surface area contributed by atoms with Gasteiger partial charge in [0.2, 0.25) is 0 Å². The molecule has 11 nitrogen and oxygen atoms in total. The number of aliphatic hydroxyl groups is 2. The molecule has 4 aliphatic carbocycles. The van der Waals surface area contributed by atoms with E-state index in [0.29, 0.717) is 44.9 Å². The lowest BCUT2D eigenvalue weighted by Crippen LogP contribution is -2.69. The van der Waals surface area contributed by atoms with Gasteiger partial charge < -0.3 is 38.7 Å². The summed E-state index contributed by atoms with van der Waals surface area (Å²) < 4.78 is 28.5. The molecule has 2 N–H and O–H groups in total. The molecule has 12 atom stereocenters. The Hall–Kier alpha value is -2.34. The summed E-state index contributed by atoms with van der Waals surface area (Å²) in [4.78, 5) is 48.4. The number of fused-ring (bicyclic) bond motifs is 5. The predicted molar refractivity (Wildman–Crippen MR) is 153 cm³/mol. The molecule has 1 saturated heterocycles. The average Bonchev–Trinajstić information content (AvgIpc) is 3.49. The molecule has 4 saturated carbocycles. The highest BCUT2D eigenvalue weighted by Crippen LogP contribution is 2.70. The Kier molecular flexibility index (Phi) is 8.03. The van der Waals surface area contributed by atoms with Crippen LogP contribution in [0.5, 0.6) is 0 Å². The number of carbonyl (C=O) groups is 4. The number of aldehydes is 1. The Bertz CT molecular complexity index is 1230. The first kappa shape index (κ1) is 31.6. The van der Waals surface area contributed by atoms with Crippen molar-refractivity contribution in [3.63, 3.8) is 0 Å². The third-order valence-corrected chi connectivity index (χ3v) is 12.4. The molecule has 2 aliphatic heterocycles. The van der Waals surface area contributed by atoms with E-state index in [1.165, 1.54) is 13.8 Å². The highest BCUT2D eigenvalue weighted by molar-refractivity contribution is 5.85. The molecule has 0 radical (unpaired) electrons. The molecule has 5 fully saturated rings. The van der Waals surface area contributed by atoms with E-state index in [1.807, 2.05) is 0 Å². The summed E-state index contributed by atoms with van der Waals surface area (Å²) in [5.74, 6) is -1.59. The van der Waals surface area contributed by atoms with Gasteiger partial charge in [-0.05, 0) is 81.6 Å². The maximum atomic E-state index is 13.1. The number of rotatable bonds is 6. The summed E-state index contributed by atoms with van der Waals surface area (Å²) in [6.07, 6.45) is 4.39. The van der Waals surface area contributed by atoms with Gasteiger partial charge >= 0.3 is 17.9 Å². The van der Waals surface area contributed by atoms with Crippen LogP contribution in [0.15, 0.2) is 11.6 Å². The number of esters is 3. The van der Waals surface area contributed by atoms with Gasteiger partial charge in [0.1, 0.15) is 19.0 Å². The molecule has 2 heterocycles. The Balaban J connectivity index is 1.18. The predicted octanol–water partition coefficient (Wildman–Crippen LogP) is 2.92. The number of hydrogen-bond acceptors (Lipinski definition) is 11. The van der Waals surface area contributed by atoms with Crippen LogP contribution in [0.2, 0.25) is 0 Å². The van der Waals surface area contributed by atoms with E-state index >= 15 is 0 Å². The molecule has 0 aromatic rings. The fourth-order valence-electron chi connectivity index (χ4n) is 10.4. The summed E-state index contributed by atoms with van der Waals surface area (Å²) in [7, 11) is 0. The Labute approximate surface area is 257 Å². The Morgan fingerprint density at radius 3 is 2.39 bits per heavy atom. The molecule has 0 bridgehead atoms. The Morgan fingerprint density at radius 2 is 1.73 bits per heavy atom. The molecule has 6 aliphatic rings. The van der Waals surface area contributed by atoms with E-state index < -0.39 is 64.7 Å². The van der Waals surface area contributed by atoms with Crippen molar-refractivity contribution in [2.75, 3.05) is 6.61 Å². The summed E-state index contributed by atoms with van der Waals surface area (Å²) in [5.41, 5.74) is -2.79. The van der Waals surface area contributed by atoms with Crippen LogP contribution < -0.4 is 0 Å². The van der Waals surface area contributed by atoms with Crippen LogP contribution in [0.25, 0.3) is 0 Å². The SMILES string of the molecule is CC(=O)O[C@@H]1[C@@H](C)O[C@@H](O[C@H]2CC[C@]3(C=O)[C@H]4CC[C@]5(C)[C@@H](C6=CC(=O)OC6)CC[C@]5(O)[C@@H]4CC[C@]3(O)C2)C[C@H]1OC(C)=O. The average molecular weight is 619 g/mol. The smallest absolute Gasteiger partial charge is 0.331 e. The van der Waals surface area contributed by atoms with Crippen molar-refractivity contribution in [3.8, 4) is 0 Å². The van der Waals surface area contributed by atoms with Crippen molar-refractivity contribution >= 4 is 24.2 Å². The lowest BCUT2D eigenvalue weighted by atomic mass is 9.41. The zero-order valence-electron chi connectivity index (χ0n) is 26.1. The van der Waals surface area contributed by atoms with Gasteiger partial charge in [-0.15, -0.1) is 0 Å². The highest BCUT2D eigenvalue weighted by atomic mass is 16.7. The number of cyclic esters (lactones) is 1. The number of carbonyl (C=O) groups excluding carboxylic acids is 4. The van der Waals surface area contributed by atoms with Gasteiger partial charge in [0, 0.05) is 38.2 Å². The van der Waals surface area contributed by atoms with E-state index in [0.717, 1.165) is 18.3 Å². The standard InChI is InChI=1S/C33H46O11/c1-18-29(43-20(3)36)26(42-19(2)35)14-28(41-18)44-22-5-10-31(17-34)24-6-9-30(4)23(21-13-27(37)40-16-21)8-12-33(30,39)25(24)7-11-32(31,38)15-22/h13,17-18,22-26,28-29,38-39H,5-12,14-16H2,1-4H3/t18-,22+,23-,24+,25-,26-,28+,29-,30-,31+,32+,33+/m1/s1. The minimum Gasteiger partial charge on any atom is -0.458 e. The van der Waals surface area contributed by atoms with Crippen LogP contribution in [-0.4, -0.2) is 82.9 Å². The maximum absolute atomic E-state index is 13.1. The zero-order chi connectivity index (χ0) is 31.7. The summed E-state index contributed by atoms with van der Waals surface area (Å²) in [6.45, 7) is 6.72. The third kappa shape index (κ3) is 4.84. The van der Waals surface area contributed by atoms with Crippen molar-refractivity contribution in [1.29, 1.82) is 0 Å². The fraction of sp³-hybridized carbons (Fsp3) is 0.818. The minimum absolute atomic E-state index is 0.0474. The Morgan fingerprint density at radius 1 is 1.00 bits per heavy atom. The van der Waals surface area contributed by atoms with E-state index in [1.54, 1.807) is 13.0 Å². The van der Waals surface area contributed by atoms with Crippen molar-refractivity contribution in [2.24, 2.45) is 28.6 Å². The summed E-state index contributed by atoms with van der Waals surface area (Å²) in [5, 5.41) is 24.7. The van der Waals surface area contributed by atoms with Gasteiger partial charge in [-0.1, -0.05) is 6.92 Å². The first-order valence-corrected chi connectivity index (χ1v) is 16.2. The van der Waals surface area contributed by atoms with Crippen LogP contribution in [0.3, 0.4) is 0 Å². The molecule has 11 heteroatoms. The zero-order valence-corrected chi connectivity index (χ0v) is 26.1. The fourth-order valence-corrected chi connectivity index (χ4v) is 10.4. The lowest BCUT2D eigenvalue weighted by Gasteiger charge is -2.65. The van der Waals surface area contributed by atoms with E-state index in [4.69, 9.17) is 23.7 Å². The normalized spacial score (nSPS) is 48.2. The topological polar surface area (TPSA) is 155 Å². The van der Waals surface area contributed by atoms with Gasteiger partial charge in [-0.25, -0.2) is 4.79 Å². The van der Waals surface area contributed by atoms with E-state index in [-0.39, 0.29) is 43.2 Å².